The molecule has 0 heterocycles. The van der Waals surface area contributed by atoms with E-state index in [2.05, 4.69) is 4.72 Å². The summed E-state index contributed by atoms with van der Waals surface area (Å²) in [7, 11) is -4.02. The lowest BCUT2D eigenvalue weighted by atomic mass is 10.1. The van der Waals surface area contributed by atoms with Crippen molar-refractivity contribution < 1.29 is 30.7 Å². The summed E-state index contributed by atoms with van der Waals surface area (Å²) in [6.45, 7) is 1.92. The average Bonchev–Trinajstić information content (AvgIpc) is 2.60. The van der Waals surface area contributed by atoms with Crippen molar-refractivity contribution in [1.82, 2.24) is 4.72 Å². The minimum Gasteiger partial charge on any atom is -0.494 e. The molecule has 0 aliphatic heterocycles. The summed E-state index contributed by atoms with van der Waals surface area (Å²) in [5.74, 6) is -0.987. The van der Waals surface area contributed by atoms with Gasteiger partial charge in [-0.05, 0) is 36.8 Å². The molecule has 2 rings (SSSR count). The van der Waals surface area contributed by atoms with Crippen LogP contribution in [0.4, 0.5) is 17.6 Å². The predicted octanol–water partition coefficient (Wildman–Crippen LogP) is 4.50. The fraction of sp³-hybridized carbons (Fsp3) is 0.333. The van der Waals surface area contributed by atoms with E-state index in [0.29, 0.717) is 18.4 Å². The number of unbranched alkanes of at least 4 members (excludes halogenated alkanes) is 1. The number of rotatable bonds is 8. The molecule has 0 unspecified atom stereocenters. The molecule has 0 aliphatic rings. The van der Waals surface area contributed by atoms with Crippen LogP contribution < -0.4 is 9.46 Å². The van der Waals surface area contributed by atoms with E-state index in [1.807, 2.05) is 6.92 Å². The van der Waals surface area contributed by atoms with Crippen molar-refractivity contribution in [2.45, 2.75) is 37.4 Å². The zero-order chi connectivity index (χ0) is 20.1. The molecule has 0 saturated heterocycles. The van der Waals surface area contributed by atoms with Crippen LogP contribution in [-0.2, 0) is 22.7 Å². The highest BCUT2D eigenvalue weighted by Crippen LogP contribution is 2.32. The SMILES string of the molecule is CCCCOc1ccc(S(=O)(=O)NCc2cccc(C(F)(F)F)c2F)cc1. The first-order chi connectivity index (χ1) is 12.6. The number of halogens is 4. The monoisotopic (exact) mass is 405 g/mol. The molecule has 0 radical (unpaired) electrons. The maximum absolute atomic E-state index is 14.0. The van der Waals surface area contributed by atoms with Gasteiger partial charge in [-0.2, -0.15) is 13.2 Å². The van der Waals surface area contributed by atoms with Gasteiger partial charge in [0.2, 0.25) is 10.0 Å². The summed E-state index contributed by atoms with van der Waals surface area (Å²) in [4.78, 5) is -0.0993. The topological polar surface area (TPSA) is 55.4 Å². The summed E-state index contributed by atoms with van der Waals surface area (Å²) >= 11 is 0. The molecular weight excluding hydrogens is 386 g/mol. The quantitative estimate of drug-likeness (QED) is 0.520. The highest BCUT2D eigenvalue weighted by Gasteiger charge is 2.34. The van der Waals surface area contributed by atoms with Gasteiger partial charge in [-0.1, -0.05) is 25.5 Å². The smallest absolute Gasteiger partial charge is 0.419 e. The van der Waals surface area contributed by atoms with Crippen molar-refractivity contribution in [3.05, 3.63) is 59.4 Å². The van der Waals surface area contributed by atoms with Crippen LogP contribution in [0.15, 0.2) is 47.4 Å². The van der Waals surface area contributed by atoms with Gasteiger partial charge < -0.3 is 4.74 Å². The van der Waals surface area contributed by atoms with Crippen LogP contribution in [-0.4, -0.2) is 15.0 Å². The predicted molar refractivity (Wildman–Crippen MR) is 92.3 cm³/mol. The Morgan fingerprint density at radius 1 is 1.07 bits per heavy atom. The fourth-order valence-electron chi connectivity index (χ4n) is 2.24. The number of nitrogens with one attached hydrogen (secondary N) is 1. The van der Waals surface area contributed by atoms with Gasteiger partial charge in [0.15, 0.2) is 0 Å². The van der Waals surface area contributed by atoms with Crippen molar-refractivity contribution in [2.24, 2.45) is 0 Å². The van der Waals surface area contributed by atoms with Crippen molar-refractivity contribution in [2.75, 3.05) is 6.61 Å². The lowest BCUT2D eigenvalue weighted by Gasteiger charge is -2.12. The number of hydrogen-bond donors (Lipinski definition) is 1. The minimum atomic E-state index is -4.85. The molecule has 0 aromatic heterocycles. The third-order valence-electron chi connectivity index (χ3n) is 3.74. The Morgan fingerprint density at radius 3 is 2.33 bits per heavy atom. The Hall–Kier alpha value is -2.13. The molecule has 1 N–H and O–H groups in total. The van der Waals surface area contributed by atoms with Crippen LogP contribution in [0.25, 0.3) is 0 Å². The second-order valence-corrected chi connectivity index (χ2v) is 7.54. The Kier molecular flexibility index (Phi) is 6.83. The minimum absolute atomic E-state index is 0.0993. The second-order valence-electron chi connectivity index (χ2n) is 5.77. The lowest BCUT2D eigenvalue weighted by Crippen LogP contribution is -2.24. The van der Waals surface area contributed by atoms with Crippen molar-refractivity contribution in [3.8, 4) is 5.75 Å². The third-order valence-corrected chi connectivity index (χ3v) is 5.15. The van der Waals surface area contributed by atoms with Gasteiger partial charge in [-0.15, -0.1) is 0 Å². The lowest BCUT2D eigenvalue weighted by molar-refractivity contribution is -0.140. The molecule has 148 valence electrons. The summed E-state index contributed by atoms with van der Waals surface area (Å²) in [5, 5.41) is 0. The molecule has 0 bridgehead atoms. The molecule has 0 aliphatic carbocycles. The van der Waals surface area contributed by atoms with Crippen LogP contribution in [0.1, 0.15) is 30.9 Å². The number of alkyl halides is 3. The fourth-order valence-corrected chi connectivity index (χ4v) is 3.25. The normalized spacial score (nSPS) is 12.2. The first-order valence-corrected chi connectivity index (χ1v) is 9.70. The van der Waals surface area contributed by atoms with Gasteiger partial charge in [0.25, 0.3) is 0 Å². The standard InChI is InChI=1S/C18H19F4NO3S/c1-2-3-11-26-14-7-9-15(10-8-14)27(24,25)23-12-13-5-4-6-16(17(13)19)18(20,21)22/h4-10,23H,2-3,11-12H2,1H3. The van der Waals surface area contributed by atoms with E-state index >= 15 is 0 Å². The highest BCUT2D eigenvalue weighted by atomic mass is 32.2. The van der Waals surface area contributed by atoms with Crippen LogP contribution >= 0.6 is 0 Å². The molecule has 0 fully saturated rings. The number of benzene rings is 2. The zero-order valence-corrected chi connectivity index (χ0v) is 15.3. The van der Waals surface area contributed by atoms with E-state index in [0.717, 1.165) is 25.0 Å². The van der Waals surface area contributed by atoms with Crippen molar-refractivity contribution in [1.29, 1.82) is 0 Å². The molecule has 4 nitrogen and oxygen atoms in total. The molecule has 0 saturated carbocycles. The Labute approximate surface area is 155 Å². The maximum Gasteiger partial charge on any atom is 0.419 e. The summed E-state index contributed by atoms with van der Waals surface area (Å²) in [6, 6.07) is 8.31. The molecule has 2 aromatic carbocycles. The van der Waals surface area contributed by atoms with Gasteiger partial charge in [0.05, 0.1) is 17.1 Å². The van der Waals surface area contributed by atoms with E-state index in [-0.39, 0.29) is 4.90 Å². The van der Waals surface area contributed by atoms with E-state index in [4.69, 9.17) is 4.74 Å². The molecule has 0 spiro atoms. The molecule has 9 heteroatoms. The van der Waals surface area contributed by atoms with Crippen LogP contribution in [0, 0.1) is 5.82 Å². The zero-order valence-electron chi connectivity index (χ0n) is 14.5. The largest absolute Gasteiger partial charge is 0.494 e. The molecular formula is C18H19F4NO3S. The Balaban J connectivity index is 2.09. The molecule has 0 amide bonds. The summed E-state index contributed by atoms with van der Waals surface area (Å²) in [6.07, 6.45) is -3.03. The number of ether oxygens (including phenoxy) is 1. The van der Waals surface area contributed by atoms with Crippen molar-refractivity contribution in [3.63, 3.8) is 0 Å². The van der Waals surface area contributed by atoms with Crippen molar-refractivity contribution >= 4 is 10.0 Å². The summed E-state index contributed by atoms with van der Waals surface area (Å²) < 4.78 is 84.2. The van der Waals surface area contributed by atoms with Gasteiger partial charge >= 0.3 is 6.18 Å². The van der Waals surface area contributed by atoms with E-state index in [1.165, 1.54) is 24.3 Å². The van der Waals surface area contributed by atoms with Gasteiger partial charge in [-0.25, -0.2) is 17.5 Å². The molecule has 0 atom stereocenters. The Bertz CT molecular complexity index is 865. The maximum atomic E-state index is 14.0. The first-order valence-electron chi connectivity index (χ1n) is 8.22. The van der Waals surface area contributed by atoms with E-state index in [9.17, 15) is 26.0 Å². The second kappa shape index (κ2) is 8.71. The van der Waals surface area contributed by atoms with Gasteiger partial charge in [0.1, 0.15) is 11.6 Å². The third kappa shape index (κ3) is 5.67. The highest BCUT2D eigenvalue weighted by molar-refractivity contribution is 7.89. The van der Waals surface area contributed by atoms with Crippen LogP contribution in [0.3, 0.4) is 0 Å². The van der Waals surface area contributed by atoms with Crippen LogP contribution in [0.5, 0.6) is 5.75 Å². The summed E-state index contributed by atoms with van der Waals surface area (Å²) in [5.41, 5.74) is -1.83. The Morgan fingerprint density at radius 2 is 1.74 bits per heavy atom. The number of hydrogen-bond acceptors (Lipinski definition) is 3. The first kappa shape index (κ1) is 21.2. The average molecular weight is 405 g/mol. The van der Waals surface area contributed by atoms with Gasteiger partial charge in [0, 0.05) is 12.1 Å². The van der Waals surface area contributed by atoms with E-state index < -0.39 is 39.7 Å². The van der Waals surface area contributed by atoms with Gasteiger partial charge in [-0.3, -0.25) is 0 Å². The van der Waals surface area contributed by atoms with E-state index in [1.54, 1.807) is 0 Å². The molecule has 2 aromatic rings. The number of sulfonamides is 1. The van der Waals surface area contributed by atoms with Crippen LogP contribution in [0.2, 0.25) is 0 Å². The molecule has 27 heavy (non-hydrogen) atoms.